The number of alkyl halides is 3. The molecule has 1 aromatic heterocycles. The summed E-state index contributed by atoms with van der Waals surface area (Å²) in [6.45, 7) is 6.04. The molecule has 0 bridgehead atoms. The molecule has 1 aliphatic carbocycles. The Morgan fingerprint density at radius 2 is 2.07 bits per heavy atom. The lowest BCUT2D eigenvalue weighted by molar-refractivity contribution is -0.137. The van der Waals surface area contributed by atoms with Crippen molar-refractivity contribution in [1.29, 1.82) is 0 Å². The van der Waals surface area contributed by atoms with E-state index in [-0.39, 0.29) is 5.69 Å². The number of anilines is 1. The Bertz CT molecular complexity index is 891. The highest BCUT2D eigenvalue weighted by Gasteiger charge is 2.31. The molecule has 1 aromatic carbocycles. The number of amides is 1. The summed E-state index contributed by atoms with van der Waals surface area (Å²) < 4.78 is 40.6. The minimum absolute atomic E-state index is 0.109. The number of carbonyl (C=O) groups excluding carboxylic acids is 1. The van der Waals surface area contributed by atoms with E-state index < -0.39 is 22.9 Å². The fourth-order valence-corrected chi connectivity index (χ4v) is 4.44. The third-order valence-electron chi connectivity index (χ3n) is 5.14. The fraction of sp³-hybridized carbons (Fsp3) is 0.476. The molecule has 1 aliphatic rings. The predicted molar refractivity (Wildman–Crippen MR) is 111 cm³/mol. The van der Waals surface area contributed by atoms with E-state index in [1.165, 1.54) is 43.2 Å². The molecule has 1 N–H and O–H groups in total. The molecule has 0 spiro atoms. The minimum Gasteiger partial charge on any atom is -0.325 e. The third kappa shape index (κ3) is 5.44. The van der Waals surface area contributed by atoms with Gasteiger partial charge in [-0.05, 0) is 38.0 Å². The van der Waals surface area contributed by atoms with Crippen molar-refractivity contribution in [1.82, 2.24) is 14.8 Å². The van der Waals surface area contributed by atoms with E-state index in [2.05, 4.69) is 22.1 Å². The number of carbonyl (C=O) groups is 1. The highest BCUT2D eigenvalue weighted by atomic mass is 32.2. The minimum atomic E-state index is -4.46. The fourth-order valence-electron chi connectivity index (χ4n) is 3.58. The Morgan fingerprint density at radius 3 is 2.73 bits per heavy atom. The van der Waals surface area contributed by atoms with Crippen LogP contribution >= 0.6 is 11.8 Å². The van der Waals surface area contributed by atoms with E-state index in [1.807, 2.05) is 4.57 Å². The summed E-state index contributed by atoms with van der Waals surface area (Å²) in [6.07, 6.45) is 3.04. The van der Waals surface area contributed by atoms with Crippen LogP contribution < -0.4 is 5.32 Å². The van der Waals surface area contributed by atoms with Crippen molar-refractivity contribution in [2.24, 2.45) is 0 Å². The smallest absolute Gasteiger partial charge is 0.325 e. The van der Waals surface area contributed by atoms with Crippen molar-refractivity contribution in [2.75, 3.05) is 5.32 Å². The molecular formula is C21H25F3N4OS. The second-order valence-electron chi connectivity index (χ2n) is 7.40. The number of halogens is 3. The Hall–Kier alpha value is -2.29. The summed E-state index contributed by atoms with van der Waals surface area (Å²) in [5.41, 5.74) is -0.693. The Labute approximate surface area is 178 Å². The number of hydrogen-bond acceptors (Lipinski definition) is 4. The highest BCUT2D eigenvalue weighted by molar-refractivity contribution is 8.00. The number of hydrogen-bond donors (Lipinski definition) is 1. The number of benzene rings is 1. The van der Waals surface area contributed by atoms with Gasteiger partial charge in [-0.1, -0.05) is 43.2 Å². The molecule has 0 saturated heterocycles. The SMILES string of the molecule is C=CCn1c(SC(C)C(=O)Nc2cccc(C(F)(F)F)c2)nnc1C1CCCCC1. The van der Waals surface area contributed by atoms with Gasteiger partial charge in [0.1, 0.15) is 5.82 Å². The number of allylic oxidation sites excluding steroid dienone is 1. The average molecular weight is 439 g/mol. The summed E-state index contributed by atoms with van der Waals surface area (Å²) in [6, 6.07) is 4.61. The van der Waals surface area contributed by atoms with Crippen LogP contribution in [0.2, 0.25) is 0 Å². The first-order valence-corrected chi connectivity index (χ1v) is 10.9. The standard InChI is InChI=1S/C21H25F3N4OS/c1-3-12-28-18(15-8-5-4-6-9-15)26-27-20(28)30-14(2)19(29)25-17-11-7-10-16(13-17)21(22,23)24/h3,7,10-11,13-15H,1,4-6,8-9,12H2,2H3,(H,25,29). The average Bonchev–Trinajstić information content (AvgIpc) is 3.11. The Kier molecular flexibility index (Phi) is 7.23. The third-order valence-corrected chi connectivity index (χ3v) is 6.22. The maximum absolute atomic E-state index is 12.9. The van der Waals surface area contributed by atoms with Gasteiger partial charge in [0.05, 0.1) is 10.8 Å². The van der Waals surface area contributed by atoms with Crippen LogP contribution in [0.1, 0.15) is 56.3 Å². The van der Waals surface area contributed by atoms with Crippen LogP contribution in [0, 0.1) is 0 Å². The van der Waals surface area contributed by atoms with Crippen LogP contribution in [0.25, 0.3) is 0 Å². The number of thioether (sulfide) groups is 1. The zero-order chi connectivity index (χ0) is 21.7. The quantitative estimate of drug-likeness (QED) is 0.448. The highest BCUT2D eigenvalue weighted by Crippen LogP contribution is 2.34. The number of nitrogens with zero attached hydrogens (tertiary/aromatic N) is 3. The van der Waals surface area contributed by atoms with Crippen LogP contribution in [0.4, 0.5) is 18.9 Å². The van der Waals surface area contributed by atoms with Gasteiger partial charge in [-0.15, -0.1) is 16.8 Å². The molecule has 0 aliphatic heterocycles. The van der Waals surface area contributed by atoms with Gasteiger partial charge in [-0.25, -0.2) is 0 Å². The van der Waals surface area contributed by atoms with Gasteiger partial charge in [0.2, 0.25) is 5.91 Å². The predicted octanol–water partition coefficient (Wildman–Crippen LogP) is 5.65. The Balaban J connectivity index is 1.70. The maximum Gasteiger partial charge on any atom is 0.416 e. The second-order valence-corrected chi connectivity index (χ2v) is 8.71. The zero-order valence-electron chi connectivity index (χ0n) is 16.8. The van der Waals surface area contributed by atoms with Crippen molar-refractivity contribution in [3.05, 3.63) is 48.3 Å². The topological polar surface area (TPSA) is 59.8 Å². The van der Waals surface area contributed by atoms with E-state index in [0.29, 0.717) is 17.6 Å². The van der Waals surface area contributed by atoms with Crippen molar-refractivity contribution < 1.29 is 18.0 Å². The summed E-state index contributed by atoms with van der Waals surface area (Å²) in [7, 11) is 0. The first-order valence-electron chi connectivity index (χ1n) is 9.98. The monoisotopic (exact) mass is 438 g/mol. The van der Waals surface area contributed by atoms with E-state index in [9.17, 15) is 18.0 Å². The molecule has 9 heteroatoms. The molecule has 0 radical (unpaired) electrons. The van der Waals surface area contributed by atoms with E-state index in [4.69, 9.17) is 0 Å². The van der Waals surface area contributed by atoms with Gasteiger partial charge in [0.15, 0.2) is 5.16 Å². The molecule has 1 fully saturated rings. The maximum atomic E-state index is 12.9. The van der Waals surface area contributed by atoms with E-state index in [1.54, 1.807) is 13.0 Å². The lowest BCUT2D eigenvalue weighted by Crippen LogP contribution is -2.23. The molecule has 1 atom stereocenters. The Morgan fingerprint density at radius 1 is 1.33 bits per heavy atom. The van der Waals surface area contributed by atoms with Crippen LogP contribution in [-0.4, -0.2) is 25.9 Å². The lowest BCUT2D eigenvalue weighted by atomic mass is 9.89. The van der Waals surface area contributed by atoms with Crippen LogP contribution in [-0.2, 0) is 17.5 Å². The van der Waals surface area contributed by atoms with Crippen molar-refractivity contribution in [3.8, 4) is 0 Å². The van der Waals surface area contributed by atoms with Crippen molar-refractivity contribution in [2.45, 2.75) is 68.1 Å². The van der Waals surface area contributed by atoms with Crippen LogP contribution in [0.15, 0.2) is 42.1 Å². The molecular weight excluding hydrogens is 413 g/mol. The van der Waals surface area contributed by atoms with Crippen LogP contribution in [0.5, 0.6) is 0 Å². The van der Waals surface area contributed by atoms with Gasteiger partial charge < -0.3 is 9.88 Å². The molecule has 3 rings (SSSR count). The normalized spacial score (nSPS) is 16.3. The van der Waals surface area contributed by atoms with Gasteiger partial charge in [0.25, 0.3) is 0 Å². The molecule has 2 aromatic rings. The van der Waals surface area contributed by atoms with Crippen molar-refractivity contribution >= 4 is 23.4 Å². The van der Waals surface area contributed by atoms with Crippen molar-refractivity contribution in [3.63, 3.8) is 0 Å². The molecule has 30 heavy (non-hydrogen) atoms. The molecule has 1 heterocycles. The van der Waals surface area contributed by atoms with Gasteiger partial charge in [-0.3, -0.25) is 4.79 Å². The van der Waals surface area contributed by atoms with Crippen LogP contribution in [0.3, 0.4) is 0 Å². The molecule has 1 unspecified atom stereocenters. The lowest BCUT2D eigenvalue weighted by Gasteiger charge is -2.21. The molecule has 162 valence electrons. The molecule has 5 nitrogen and oxygen atoms in total. The van der Waals surface area contributed by atoms with Gasteiger partial charge >= 0.3 is 6.18 Å². The second kappa shape index (κ2) is 9.68. The van der Waals surface area contributed by atoms with E-state index >= 15 is 0 Å². The number of nitrogens with one attached hydrogen (secondary N) is 1. The van der Waals surface area contributed by atoms with Gasteiger partial charge in [0, 0.05) is 18.2 Å². The zero-order valence-corrected chi connectivity index (χ0v) is 17.6. The molecule has 1 saturated carbocycles. The largest absolute Gasteiger partial charge is 0.416 e. The summed E-state index contributed by atoms with van der Waals surface area (Å²) in [5, 5.41) is 11.3. The summed E-state index contributed by atoms with van der Waals surface area (Å²) in [4.78, 5) is 12.6. The summed E-state index contributed by atoms with van der Waals surface area (Å²) in [5.74, 6) is 0.879. The first-order chi connectivity index (χ1) is 14.3. The number of rotatable bonds is 7. The van der Waals surface area contributed by atoms with Gasteiger partial charge in [-0.2, -0.15) is 13.2 Å². The first kappa shape index (κ1) is 22.4. The van der Waals surface area contributed by atoms with E-state index in [0.717, 1.165) is 30.8 Å². The summed E-state index contributed by atoms with van der Waals surface area (Å²) >= 11 is 1.24. The molecule has 1 amide bonds. The number of aromatic nitrogens is 3.